The van der Waals surface area contributed by atoms with E-state index in [1.807, 2.05) is 51.1 Å². The number of nitrogens with zero attached hydrogens (tertiary/aromatic N) is 2. The Balaban J connectivity index is 1.35. The van der Waals surface area contributed by atoms with Crippen molar-refractivity contribution in [3.05, 3.63) is 83.7 Å². The summed E-state index contributed by atoms with van der Waals surface area (Å²) >= 11 is 0. The first-order valence-corrected chi connectivity index (χ1v) is 10.3. The number of anilines is 2. The van der Waals surface area contributed by atoms with Crippen molar-refractivity contribution in [3.8, 4) is 0 Å². The summed E-state index contributed by atoms with van der Waals surface area (Å²) in [5.41, 5.74) is 2.59. The van der Waals surface area contributed by atoms with Crippen LogP contribution in [0, 0.1) is 0 Å². The molecule has 7 nitrogen and oxygen atoms in total. The lowest BCUT2D eigenvalue weighted by atomic mass is 9.93. The summed E-state index contributed by atoms with van der Waals surface area (Å²) < 4.78 is 5.28. The van der Waals surface area contributed by atoms with E-state index in [4.69, 9.17) is 4.52 Å². The number of pyridine rings is 1. The number of benzene rings is 2. The first-order valence-electron chi connectivity index (χ1n) is 10.3. The van der Waals surface area contributed by atoms with Gasteiger partial charge in [0.05, 0.1) is 17.5 Å². The lowest BCUT2D eigenvalue weighted by molar-refractivity contribution is -0.115. The fourth-order valence-electron chi connectivity index (χ4n) is 3.16. The Morgan fingerprint density at radius 2 is 1.72 bits per heavy atom. The summed E-state index contributed by atoms with van der Waals surface area (Å²) in [6, 6.07) is 18.3. The van der Waals surface area contributed by atoms with Gasteiger partial charge in [-0.05, 0) is 29.8 Å². The van der Waals surface area contributed by atoms with Gasteiger partial charge in [0.25, 0.3) is 5.91 Å². The maximum absolute atomic E-state index is 12.6. The first-order chi connectivity index (χ1) is 15.3. The summed E-state index contributed by atoms with van der Waals surface area (Å²) in [7, 11) is 0. The Labute approximate surface area is 185 Å². The number of fused-ring (bicyclic) bond motifs is 1. The Hall–Kier alpha value is -4.00. The van der Waals surface area contributed by atoms with E-state index in [0.29, 0.717) is 22.8 Å². The van der Waals surface area contributed by atoms with Crippen molar-refractivity contribution in [1.82, 2.24) is 10.1 Å². The molecule has 0 atom stereocenters. The standard InChI is InChI=1S/C25H24N4O3/c1-25(2,3)21-14-22(29-32-21)28-23(30)12-16-8-10-19(11-9-16)27-24(31)18-13-17-6-4-5-7-20(17)26-15-18/h4-11,13-15H,12H2,1-3H3,(H,27,31)(H,28,29,30). The first kappa shape index (κ1) is 21.2. The third-order valence-electron chi connectivity index (χ3n) is 4.95. The summed E-state index contributed by atoms with van der Waals surface area (Å²) in [4.78, 5) is 29.2. The highest BCUT2D eigenvalue weighted by Gasteiger charge is 2.20. The number of amides is 2. The number of rotatable bonds is 5. The second-order valence-corrected chi connectivity index (χ2v) is 8.62. The Morgan fingerprint density at radius 3 is 2.44 bits per heavy atom. The third kappa shape index (κ3) is 5.00. The van der Waals surface area contributed by atoms with Crippen LogP contribution in [0.4, 0.5) is 11.5 Å². The van der Waals surface area contributed by atoms with Gasteiger partial charge < -0.3 is 15.2 Å². The molecular formula is C25H24N4O3. The van der Waals surface area contributed by atoms with E-state index in [0.717, 1.165) is 16.5 Å². The predicted octanol–water partition coefficient (Wildman–Crippen LogP) is 4.95. The van der Waals surface area contributed by atoms with Gasteiger partial charge in [-0.2, -0.15) is 0 Å². The molecule has 2 N–H and O–H groups in total. The number of hydrogen-bond donors (Lipinski definition) is 2. The molecule has 2 heterocycles. The van der Waals surface area contributed by atoms with Crippen molar-refractivity contribution >= 4 is 34.2 Å². The number of carbonyl (C=O) groups excluding carboxylic acids is 2. The van der Waals surface area contributed by atoms with Crippen molar-refractivity contribution in [2.24, 2.45) is 0 Å². The molecular weight excluding hydrogens is 404 g/mol. The smallest absolute Gasteiger partial charge is 0.257 e. The number of para-hydroxylation sites is 1. The van der Waals surface area contributed by atoms with Gasteiger partial charge in [-0.1, -0.05) is 56.3 Å². The van der Waals surface area contributed by atoms with Crippen LogP contribution in [0.3, 0.4) is 0 Å². The molecule has 2 aromatic carbocycles. The van der Waals surface area contributed by atoms with Gasteiger partial charge in [0.15, 0.2) is 5.82 Å². The van der Waals surface area contributed by atoms with Gasteiger partial charge in [-0.15, -0.1) is 0 Å². The number of hydrogen-bond acceptors (Lipinski definition) is 5. The van der Waals surface area contributed by atoms with E-state index in [2.05, 4.69) is 20.8 Å². The maximum Gasteiger partial charge on any atom is 0.257 e. The van der Waals surface area contributed by atoms with E-state index in [-0.39, 0.29) is 23.7 Å². The molecule has 162 valence electrons. The average Bonchev–Trinajstić information content (AvgIpc) is 3.23. The minimum Gasteiger partial charge on any atom is -0.359 e. The minimum atomic E-state index is -0.241. The molecule has 0 spiro atoms. The quantitative estimate of drug-likeness (QED) is 0.469. The molecule has 0 saturated carbocycles. The summed E-state index contributed by atoms with van der Waals surface area (Å²) in [5, 5.41) is 10.4. The van der Waals surface area contributed by atoms with Crippen LogP contribution in [0.2, 0.25) is 0 Å². The Morgan fingerprint density at radius 1 is 0.969 bits per heavy atom. The van der Waals surface area contributed by atoms with Crippen molar-refractivity contribution < 1.29 is 14.1 Å². The summed E-state index contributed by atoms with van der Waals surface area (Å²) in [5.74, 6) is 0.662. The minimum absolute atomic E-state index is 0.181. The molecule has 32 heavy (non-hydrogen) atoms. The monoisotopic (exact) mass is 428 g/mol. The molecule has 0 aliphatic heterocycles. The van der Waals surface area contributed by atoms with Crippen LogP contribution in [-0.2, 0) is 16.6 Å². The van der Waals surface area contributed by atoms with Gasteiger partial charge >= 0.3 is 0 Å². The van der Waals surface area contributed by atoms with Gasteiger partial charge in [0.2, 0.25) is 5.91 Å². The summed E-state index contributed by atoms with van der Waals surface area (Å²) in [6.45, 7) is 6.03. The molecule has 7 heteroatoms. The molecule has 4 aromatic rings. The molecule has 2 aromatic heterocycles. The molecule has 0 fully saturated rings. The zero-order valence-electron chi connectivity index (χ0n) is 18.2. The molecule has 4 rings (SSSR count). The number of aromatic nitrogens is 2. The SMILES string of the molecule is CC(C)(C)c1cc(NC(=O)Cc2ccc(NC(=O)c3cnc4ccccc4c3)cc2)no1. The number of nitrogens with one attached hydrogen (secondary N) is 2. The van der Waals surface area contributed by atoms with Gasteiger partial charge in [0, 0.05) is 28.8 Å². The van der Waals surface area contributed by atoms with E-state index >= 15 is 0 Å². The largest absolute Gasteiger partial charge is 0.359 e. The van der Waals surface area contributed by atoms with Crippen molar-refractivity contribution in [2.75, 3.05) is 10.6 Å². The zero-order valence-corrected chi connectivity index (χ0v) is 18.2. The third-order valence-corrected chi connectivity index (χ3v) is 4.95. The van der Waals surface area contributed by atoms with Crippen molar-refractivity contribution in [2.45, 2.75) is 32.6 Å². The molecule has 0 unspecified atom stereocenters. The van der Waals surface area contributed by atoms with Gasteiger partial charge in [-0.3, -0.25) is 14.6 Å². The van der Waals surface area contributed by atoms with Gasteiger partial charge in [-0.25, -0.2) is 0 Å². The predicted molar refractivity (Wildman–Crippen MR) is 124 cm³/mol. The fourth-order valence-corrected chi connectivity index (χ4v) is 3.16. The van der Waals surface area contributed by atoms with Crippen LogP contribution in [0.25, 0.3) is 10.9 Å². The highest BCUT2D eigenvalue weighted by atomic mass is 16.5. The van der Waals surface area contributed by atoms with Crippen LogP contribution in [-0.4, -0.2) is 22.0 Å². The summed E-state index contributed by atoms with van der Waals surface area (Å²) in [6.07, 6.45) is 1.74. The molecule has 0 bridgehead atoms. The molecule has 2 amide bonds. The van der Waals surface area contributed by atoms with Crippen LogP contribution < -0.4 is 10.6 Å². The van der Waals surface area contributed by atoms with E-state index in [9.17, 15) is 9.59 Å². The van der Waals surface area contributed by atoms with Crippen LogP contribution in [0.5, 0.6) is 0 Å². The second kappa shape index (κ2) is 8.63. The van der Waals surface area contributed by atoms with E-state index in [1.54, 1.807) is 36.5 Å². The topological polar surface area (TPSA) is 97.1 Å². The Kier molecular flexibility index (Phi) is 5.73. The number of carbonyl (C=O) groups is 2. The second-order valence-electron chi connectivity index (χ2n) is 8.62. The maximum atomic E-state index is 12.6. The molecule has 0 aliphatic rings. The highest BCUT2D eigenvalue weighted by molar-refractivity contribution is 6.05. The molecule has 0 saturated heterocycles. The zero-order chi connectivity index (χ0) is 22.7. The van der Waals surface area contributed by atoms with Gasteiger partial charge in [0.1, 0.15) is 5.76 Å². The van der Waals surface area contributed by atoms with Crippen LogP contribution in [0.1, 0.15) is 42.5 Å². The normalized spacial score (nSPS) is 11.3. The average molecular weight is 428 g/mol. The van der Waals surface area contributed by atoms with Crippen molar-refractivity contribution in [1.29, 1.82) is 0 Å². The van der Waals surface area contributed by atoms with Crippen LogP contribution in [0.15, 0.2) is 71.4 Å². The van der Waals surface area contributed by atoms with Crippen LogP contribution >= 0.6 is 0 Å². The van der Waals surface area contributed by atoms with E-state index < -0.39 is 0 Å². The lowest BCUT2D eigenvalue weighted by Gasteiger charge is -2.12. The molecule has 0 radical (unpaired) electrons. The van der Waals surface area contributed by atoms with Crippen molar-refractivity contribution in [3.63, 3.8) is 0 Å². The fraction of sp³-hybridized carbons (Fsp3) is 0.200. The Bertz CT molecular complexity index is 1270. The molecule has 0 aliphatic carbocycles. The highest BCUT2D eigenvalue weighted by Crippen LogP contribution is 2.24. The lowest BCUT2D eigenvalue weighted by Crippen LogP contribution is -2.15. The van der Waals surface area contributed by atoms with E-state index in [1.165, 1.54) is 0 Å².